The van der Waals surface area contributed by atoms with Gasteiger partial charge < -0.3 is 10.1 Å². The number of imidazole rings is 1. The Labute approximate surface area is 144 Å². The fourth-order valence-electron chi connectivity index (χ4n) is 2.49. The molecule has 1 amide bonds. The van der Waals surface area contributed by atoms with Crippen LogP contribution in [0.2, 0.25) is 0 Å². The van der Waals surface area contributed by atoms with Crippen LogP contribution in [0.3, 0.4) is 0 Å². The van der Waals surface area contributed by atoms with Gasteiger partial charge in [0.15, 0.2) is 0 Å². The number of nitrogens with one attached hydrogen (secondary N) is 2. The molecule has 126 valence electrons. The van der Waals surface area contributed by atoms with Crippen LogP contribution >= 0.6 is 0 Å². The first-order valence-corrected chi connectivity index (χ1v) is 7.84. The smallest absolute Gasteiger partial charge is 0.247 e. The SMILES string of the molecule is C=CCc1cccc(/C=N\NC(=O)Cc2nc3ccccc3[nH]2)c1O. The Kier molecular flexibility index (Phi) is 4.89. The summed E-state index contributed by atoms with van der Waals surface area (Å²) in [7, 11) is 0. The second kappa shape index (κ2) is 7.44. The number of amides is 1. The molecule has 0 unspecified atom stereocenters. The molecule has 6 nitrogen and oxygen atoms in total. The topological polar surface area (TPSA) is 90.4 Å². The van der Waals surface area contributed by atoms with Crippen LogP contribution in [-0.4, -0.2) is 27.2 Å². The summed E-state index contributed by atoms with van der Waals surface area (Å²) in [6, 6.07) is 12.9. The molecular weight excluding hydrogens is 316 g/mol. The molecule has 1 heterocycles. The van der Waals surface area contributed by atoms with Gasteiger partial charge in [-0.2, -0.15) is 5.10 Å². The third-order valence-electron chi connectivity index (χ3n) is 3.67. The van der Waals surface area contributed by atoms with Crippen LogP contribution in [0.15, 0.2) is 60.2 Å². The van der Waals surface area contributed by atoms with Gasteiger partial charge in [-0.3, -0.25) is 4.79 Å². The van der Waals surface area contributed by atoms with E-state index in [1.807, 2.05) is 36.4 Å². The Balaban J connectivity index is 1.63. The maximum atomic E-state index is 12.0. The minimum Gasteiger partial charge on any atom is -0.507 e. The number of carbonyl (C=O) groups is 1. The molecular formula is C19H18N4O2. The van der Waals surface area contributed by atoms with Gasteiger partial charge in [0.1, 0.15) is 11.6 Å². The van der Waals surface area contributed by atoms with Gasteiger partial charge >= 0.3 is 0 Å². The first kappa shape index (κ1) is 16.4. The van der Waals surface area contributed by atoms with E-state index in [1.165, 1.54) is 6.21 Å². The molecule has 1 aromatic heterocycles. The second-order valence-corrected chi connectivity index (χ2v) is 5.52. The van der Waals surface area contributed by atoms with Crippen molar-refractivity contribution in [1.29, 1.82) is 0 Å². The van der Waals surface area contributed by atoms with Gasteiger partial charge in [-0.25, -0.2) is 10.4 Å². The van der Waals surface area contributed by atoms with E-state index in [0.29, 0.717) is 17.8 Å². The van der Waals surface area contributed by atoms with Crippen molar-refractivity contribution in [2.45, 2.75) is 12.8 Å². The predicted octanol–water partition coefficient (Wildman–Crippen LogP) is 2.69. The fourth-order valence-corrected chi connectivity index (χ4v) is 2.49. The molecule has 0 spiro atoms. The van der Waals surface area contributed by atoms with E-state index in [-0.39, 0.29) is 18.1 Å². The lowest BCUT2D eigenvalue weighted by Crippen LogP contribution is -2.20. The zero-order valence-electron chi connectivity index (χ0n) is 13.6. The Morgan fingerprint density at radius 1 is 1.28 bits per heavy atom. The number of hydrogen-bond acceptors (Lipinski definition) is 4. The highest BCUT2D eigenvalue weighted by Gasteiger charge is 2.08. The highest BCUT2D eigenvalue weighted by atomic mass is 16.3. The standard InChI is InChI=1S/C19H18N4O2/c1-2-6-13-7-5-8-14(19(13)25)12-20-23-18(24)11-17-21-15-9-3-4-10-16(15)22-17/h2-5,7-10,12,25H,1,6,11H2,(H,21,22)(H,23,24)/b20-12-. The number of hydrazone groups is 1. The van der Waals surface area contributed by atoms with Crippen molar-refractivity contribution in [3.05, 3.63) is 72.1 Å². The summed E-state index contributed by atoms with van der Waals surface area (Å²) in [5.41, 5.74) is 5.43. The second-order valence-electron chi connectivity index (χ2n) is 5.52. The molecule has 0 aliphatic heterocycles. The van der Waals surface area contributed by atoms with Crippen molar-refractivity contribution in [2.75, 3.05) is 0 Å². The lowest BCUT2D eigenvalue weighted by atomic mass is 10.1. The maximum absolute atomic E-state index is 12.0. The average molecular weight is 334 g/mol. The first-order chi connectivity index (χ1) is 12.2. The summed E-state index contributed by atoms with van der Waals surface area (Å²) in [5, 5.41) is 14.0. The fraction of sp³-hybridized carbons (Fsp3) is 0.105. The first-order valence-electron chi connectivity index (χ1n) is 7.84. The van der Waals surface area contributed by atoms with Crippen LogP contribution in [0.1, 0.15) is 17.0 Å². The zero-order chi connectivity index (χ0) is 17.6. The molecule has 3 aromatic rings. The van der Waals surface area contributed by atoms with Crippen LogP contribution < -0.4 is 5.43 Å². The van der Waals surface area contributed by atoms with E-state index in [1.54, 1.807) is 12.1 Å². The van der Waals surface area contributed by atoms with E-state index < -0.39 is 0 Å². The Bertz CT molecular complexity index is 911. The van der Waals surface area contributed by atoms with Crippen LogP contribution in [0.5, 0.6) is 5.75 Å². The number of allylic oxidation sites excluding steroid dienone is 1. The summed E-state index contributed by atoms with van der Waals surface area (Å²) in [6.07, 6.45) is 3.78. The van der Waals surface area contributed by atoms with Crippen LogP contribution in [0, 0.1) is 0 Å². The summed E-state index contributed by atoms with van der Waals surface area (Å²) in [4.78, 5) is 19.4. The third kappa shape index (κ3) is 3.92. The minimum atomic E-state index is -0.294. The normalized spacial score (nSPS) is 11.0. The maximum Gasteiger partial charge on any atom is 0.247 e. The molecule has 6 heteroatoms. The van der Waals surface area contributed by atoms with Gasteiger partial charge in [0.25, 0.3) is 0 Å². The highest BCUT2D eigenvalue weighted by molar-refractivity contribution is 5.86. The molecule has 0 atom stereocenters. The van der Waals surface area contributed by atoms with Crippen molar-refractivity contribution in [3.63, 3.8) is 0 Å². The molecule has 25 heavy (non-hydrogen) atoms. The van der Waals surface area contributed by atoms with E-state index in [0.717, 1.165) is 16.6 Å². The van der Waals surface area contributed by atoms with Crippen molar-refractivity contribution in [3.8, 4) is 5.75 Å². The quantitative estimate of drug-likeness (QED) is 0.368. The summed E-state index contributed by atoms with van der Waals surface area (Å²) in [5.74, 6) is 0.416. The molecule has 0 aliphatic carbocycles. The number of fused-ring (bicyclic) bond motifs is 1. The molecule has 0 aliphatic rings. The van der Waals surface area contributed by atoms with E-state index in [9.17, 15) is 9.90 Å². The highest BCUT2D eigenvalue weighted by Crippen LogP contribution is 2.21. The molecule has 3 rings (SSSR count). The van der Waals surface area contributed by atoms with Gasteiger partial charge in [0.2, 0.25) is 5.91 Å². The van der Waals surface area contributed by atoms with Gasteiger partial charge in [-0.15, -0.1) is 6.58 Å². The average Bonchev–Trinajstić information content (AvgIpc) is 3.00. The number of carbonyl (C=O) groups excluding carboxylic acids is 1. The van der Waals surface area contributed by atoms with Crippen LogP contribution in [0.25, 0.3) is 11.0 Å². The van der Waals surface area contributed by atoms with Crippen molar-refractivity contribution < 1.29 is 9.90 Å². The Morgan fingerprint density at radius 3 is 2.92 bits per heavy atom. The molecule has 0 bridgehead atoms. The minimum absolute atomic E-state index is 0.0918. The number of rotatable bonds is 6. The molecule has 0 fully saturated rings. The zero-order valence-corrected chi connectivity index (χ0v) is 13.6. The number of benzene rings is 2. The lowest BCUT2D eigenvalue weighted by molar-refractivity contribution is -0.120. The largest absolute Gasteiger partial charge is 0.507 e. The van der Waals surface area contributed by atoms with Gasteiger partial charge in [-0.1, -0.05) is 30.3 Å². The Morgan fingerprint density at radius 2 is 2.12 bits per heavy atom. The van der Waals surface area contributed by atoms with Crippen molar-refractivity contribution in [1.82, 2.24) is 15.4 Å². The number of hydrogen-bond donors (Lipinski definition) is 3. The number of H-pyrrole nitrogens is 1. The van der Waals surface area contributed by atoms with Crippen molar-refractivity contribution >= 4 is 23.2 Å². The number of aromatic amines is 1. The molecule has 2 aromatic carbocycles. The number of phenolic OH excluding ortho intramolecular Hbond substituents is 1. The lowest BCUT2D eigenvalue weighted by Gasteiger charge is -2.04. The van der Waals surface area contributed by atoms with Gasteiger partial charge in [0.05, 0.1) is 23.7 Å². The van der Waals surface area contributed by atoms with E-state index >= 15 is 0 Å². The number of nitrogens with zero attached hydrogens (tertiary/aromatic N) is 2. The number of aromatic nitrogens is 2. The number of para-hydroxylation sites is 3. The molecule has 0 saturated carbocycles. The van der Waals surface area contributed by atoms with E-state index in [2.05, 4.69) is 27.1 Å². The molecule has 0 saturated heterocycles. The van der Waals surface area contributed by atoms with Crippen LogP contribution in [-0.2, 0) is 17.6 Å². The Hall–Kier alpha value is -3.41. The summed E-state index contributed by atoms with van der Waals surface area (Å²) >= 11 is 0. The van der Waals surface area contributed by atoms with Gasteiger partial charge in [-0.05, 0) is 30.2 Å². The molecule has 0 radical (unpaired) electrons. The van der Waals surface area contributed by atoms with Crippen molar-refractivity contribution in [2.24, 2.45) is 5.10 Å². The molecule has 3 N–H and O–H groups in total. The van der Waals surface area contributed by atoms with Gasteiger partial charge in [0, 0.05) is 5.56 Å². The third-order valence-corrected chi connectivity index (χ3v) is 3.67. The summed E-state index contributed by atoms with van der Waals surface area (Å²) in [6.45, 7) is 3.66. The predicted molar refractivity (Wildman–Crippen MR) is 97.5 cm³/mol. The van der Waals surface area contributed by atoms with Crippen LogP contribution in [0.4, 0.5) is 0 Å². The number of aromatic hydroxyl groups is 1. The number of phenols is 1. The summed E-state index contributed by atoms with van der Waals surface area (Å²) < 4.78 is 0. The van der Waals surface area contributed by atoms with E-state index in [4.69, 9.17) is 0 Å². The monoisotopic (exact) mass is 334 g/mol.